The maximum atomic E-state index is 13.5. The quantitative estimate of drug-likeness (QED) is 0.631. The molecule has 1 aliphatic carbocycles. The molecule has 1 saturated carbocycles. The zero-order valence-corrected chi connectivity index (χ0v) is 16.1. The fourth-order valence-electron chi connectivity index (χ4n) is 4.62. The maximum Gasteiger partial charge on any atom is 0.433 e. The number of rotatable bonds is 2. The molecule has 1 aromatic carbocycles. The zero-order chi connectivity index (χ0) is 20.9. The summed E-state index contributed by atoms with van der Waals surface area (Å²) < 4.78 is 38.6. The van der Waals surface area contributed by atoms with E-state index in [0.717, 1.165) is 55.4 Å². The highest BCUT2D eigenvalue weighted by molar-refractivity contribution is 6.07. The molecule has 0 radical (unpaired) electrons. The van der Waals surface area contributed by atoms with E-state index in [1.807, 2.05) is 24.3 Å². The Labute approximate surface area is 170 Å². The molecule has 1 saturated heterocycles. The summed E-state index contributed by atoms with van der Waals surface area (Å²) in [6.45, 7) is 0.399. The standard InChI is InChI=1S/C21H20F3N5O/c22-21(23,24)17-9-8-14(12-25-17)28-13-20(10-4-1-5-11-20)29(19(28)30)18-26-15-6-2-3-7-16(15)27-18/h2-3,6-9,12H,1,4-5,10-11,13H2,(H,26,27). The van der Waals surface area contributed by atoms with Gasteiger partial charge in [0, 0.05) is 0 Å². The monoisotopic (exact) mass is 415 g/mol. The molecule has 0 atom stereocenters. The number of aromatic amines is 1. The Balaban J connectivity index is 1.54. The molecule has 156 valence electrons. The smallest absolute Gasteiger partial charge is 0.324 e. The first-order valence-electron chi connectivity index (χ1n) is 9.97. The minimum Gasteiger partial charge on any atom is -0.324 e. The second-order valence-electron chi connectivity index (χ2n) is 7.97. The number of halogens is 3. The number of nitrogens with one attached hydrogen (secondary N) is 1. The van der Waals surface area contributed by atoms with E-state index in [9.17, 15) is 18.0 Å². The number of imidazole rings is 1. The summed E-state index contributed by atoms with van der Waals surface area (Å²) in [6, 6.07) is 9.49. The number of nitrogens with zero attached hydrogens (tertiary/aromatic N) is 4. The molecular weight excluding hydrogens is 395 g/mol. The van der Waals surface area contributed by atoms with E-state index < -0.39 is 17.4 Å². The Morgan fingerprint density at radius 1 is 1.03 bits per heavy atom. The van der Waals surface area contributed by atoms with Gasteiger partial charge in [-0.2, -0.15) is 13.2 Å². The summed E-state index contributed by atoms with van der Waals surface area (Å²) in [4.78, 5) is 28.1. The second kappa shape index (κ2) is 6.72. The molecule has 3 aromatic rings. The molecule has 6 nitrogen and oxygen atoms in total. The van der Waals surface area contributed by atoms with Gasteiger partial charge in [0.05, 0.1) is 35.0 Å². The largest absolute Gasteiger partial charge is 0.433 e. The van der Waals surface area contributed by atoms with Gasteiger partial charge in [-0.3, -0.25) is 9.80 Å². The first-order valence-corrected chi connectivity index (χ1v) is 9.97. The van der Waals surface area contributed by atoms with E-state index in [1.165, 1.54) is 11.0 Å². The maximum absolute atomic E-state index is 13.5. The summed E-state index contributed by atoms with van der Waals surface area (Å²) in [7, 11) is 0. The number of urea groups is 1. The van der Waals surface area contributed by atoms with Crippen molar-refractivity contribution in [2.24, 2.45) is 0 Å². The number of benzene rings is 1. The van der Waals surface area contributed by atoms with Crippen LogP contribution in [0.1, 0.15) is 37.8 Å². The number of carbonyl (C=O) groups excluding carboxylic acids is 1. The number of aromatic nitrogens is 3. The van der Waals surface area contributed by atoms with Crippen molar-refractivity contribution in [2.45, 2.75) is 43.8 Å². The molecule has 1 N–H and O–H groups in total. The van der Waals surface area contributed by atoms with Crippen LogP contribution in [-0.2, 0) is 6.18 Å². The first-order chi connectivity index (χ1) is 14.4. The zero-order valence-electron chi connectivity index (χ0n) is 16.1. The molecule has 0 bridgehead atoms. The van der Waals surface area contributed by atoms with Crippen LogP contribution in [0.25, 0.3) is 11.0 Å². The third-order valence-electron chi connectivity index (χ3n) is 6.07. The van der Waals surface area contributed by atoms with Crippen LogP contribution >= 0.6 is 0 Å². The predicted molar refractivity (Wildman–Crippen MR) is 106 cm³/mol. The normalized spacial score (nSPS) is 19.2. The van der Waals surface area contributed by atoms with Crippen molar-refractivity contribution >= 4 is 28.7 Å². The molecule has 2 aromatic heterocycles. The molecule has 2 amide bonds. The number of pyridine rings is 1. The number of para-hydroxylation sites is 2. The predicted octanol–water partition coefficient (Wildman–Crippen LogP) is 5.13. The summed E-state index contributed by atoms with van der Waals surface area (Å²) in [6.07, 6.45) is 1.33. The summed E-state index contributed by atoms with van der Waals surface area (Å²) in [5, 5.41) is 0. The highest BCUT2D eigenvalue weighted by Crippen LogP contribution is 2.43. The Hall–Kier alpha value is -3.10. The van der Waals surface area contributed by atoms with Crippen molar-refractivity contribution in [3.63, 3.8) is 0 Å². The lowest BCUT2D eigenvalue weighted by atomic mass is 9.81. The van der Waals surface area contributed by atoms with Crippen molar-refractivity contribution in [2.75, 3.05) is 16.3 Å². The van der Waals surface area contributed by atoms with E-state index in [4.69, 9.17) is 0 Å². The van der Waals surface area contributed by atoms with Gasteiger partial charge in [-0.25, -0.2) is 14.8 Å². The summed E-state index contributed by atoms with van der Waals surface area (Å²) in [5.41, 5.74) is 0.545. The number of amides is 2. The minimum atomic E-state index is -4.52. The van der Waals surface area contributed by atoms with Gasteiger partial charge >= 0.3 is 12.2 Å². The van der Waals surface area contributed by atoms with Gasteiger partial charge in [0.1, 0.15) is 5.69 Å². The van der Waals surface area contributed by atoms with Crippen molar-refractivity contribution < 1.29 is 18.0 Å². The minimum absolute atomic E-state index is 0.294. The van der Waals surface area contributed by atoms with Gasteiger partial charge in [-0.15, -0.1) is 0 Å². The van der Waals surface area contributed by atoms with Crippen molar-refractivity contribution in [1.29, 1.82) is 0 Å². The van der Waals surface area contributed by atoms with Crippen LogP contribution in [0.15, 0.2) is 42.6 Å². The van der Waals surface area contributed by atoms with Gasteiger partial charge < -0.3 is 4.98 Å². The average Bonchev–Trinajstić information content (AvgIpc) is 3.26. The Kier molecular flexibility index (Phi) is 4.23. The van der Waals surface area contributed by atoms with Gasteiger partial charge in [-0.1, -0.05) is 31.4 Å². The van der Waals surface area contributed by atoms with Crippen LogP contribution < -0.4 is 9.80 Å². The highest BCUT2D eigenvalue weighted by atomic mass is 19.4. The lowest BCUT2D eigenvalue weighted by Crippen LogP contribution is -2.49. The van der Waals surface area contributed by atoms with Crippen molar-refractivity contribution in [1.82, 2.24) is 15.0 Å². The van der Waals surface area contributed by atoms with Crippen LogP contribution in [0, 0.1) is 0 Å². The van der Waals surface area contributed by atoms with Crippen molar-refractivity contribution in [3.05, 3.63) is 48.3 Å². The van der Waals surface area contributed by atoms with E-state index in [2.05, 4.69) is 15.0 Å². The highest BCUT2D eigenvalue weighted by Gasteiger charge is 2.52. The number of carbonyl (C=O) groups is 1. The first kappa shape index (κ1) is 18.9. The van der Waals surface area contributed by atoms with Crippen molar-refractivity contribution in [3.8, 4) is 0 Å². The van der Waals surface area contributed by atoms with E-state index in [1.54, 1.807) is 4.90 Å². The average molecular weight is 415 g/mol. The number of H-pyrrole nitrogens is 1. The Morgan fingerprint density at radius 2 is 1.80 bits per heavy atom. The molecule has 1 aliphatic heterocycles. The molecule has 0 unspecified atom stereocenters. The summed E-state index contributed by atoms with van der Waals surface area (Å²) in [5.74, 6) is 0.477. The molecular formula is C21H20F3N5O. The fraction of sp³-hybridized carbons (Fsp3) is 0.381. The Bertz CT molecular complexity index is 1050. The van der Waals surface area contributed by atoms with Crippen LogP contribution in [0.4, 0.5) is 29.6 Å². The van der Waals surface area contributed by atoms with E-state index in [-0.39, 0.29) is 6.03 Å². The topological polar surface area (TPSA) is 65.1 Å². The molecule has 1 spiro atoms. The van der Waals surface area contributed by atoms with Crippen LogP contribution in [0.2, 0.25) is 0 Å². The van der Waals surface area contributed by atoms with Crippen LogP contribution in [-0.4, -0.2) is 33.1 Å². The molecule has 3 heterocycles. The lowest BCUT2D eigenvalue weighted by Gasteiger charge is -2.38. The van der Waals surface area contributed by atoms with Gasteiger partial charge in [0.2, 0.25) is 5.95 Å². The van der Waals surface area contributed by atoms with Crippen LogP contribution in [0.5, 0.6) is 0 Å². The lowest BCUT2D eigenvalue weighted by molar-refractivity contribution is -0.141. The third kappa shape index (κ3) is 3.00. The van der Waals surface area contributed by atoms with Gasteiger partial charge in [-0.05, 0) is 37.1 Å². The molecule has 2 fully saturated rings. The number of alkyl halides is 3. The van der Waals surface area contributed by atoms with Gasteiger partial charge in [0.15, 0.2) is 0 Å². The Morgan fingerprint density at radius 3 is 2.47 bits per heavy atom. The second-order valence-corrected chi connectivity index (χ2v) is 7.97. The van der Waals surface area contributed by atoms with Crippen LogP contribution in [0.3, 0.4) is 0 Å². The number of hydrogen-bond donors (Lipinski definition) is 1. The molecule has 9 heteroatoms. The number of fused-ring (bicyclic) bond motifs is 1. The molecule has 2 aliphatic rings. The third-order valence-corrected chi connectivity index (χ3v) is 6.07. The number of anilines is 2. The number of hydrogen-bond acceptors (Lipinski definition) is 3. The van der Waals surface area contributed by atoms with E-state index >= 15 is 0 Å². The van der Waals surface area contributed by atoms with E-state index in [0.29, 0.717) is 18.2 Å². The molecule has 30 heavy (non-hydrogen) atoms. The SMILES string of the molecule is O=C1N(c2ccc(C(F)(F)F)nc2)CC2(CCCCC2)N1c1nc2ccccc2[nH]1. The summed E-state index contributed by atoms with van der Waals surface area (Å²) >= 11 is 0. The fourth-order valence-corrected chi connectivity index (χ4v) is 4.62. The molecule has 5 rings (SSSR count). The van der Waals surface area contributed by atoms with Gasteiger partial charge in [0.25, 0.3) is 0 Å².